The Morgan fingerprint density at radius 3 is 2.38 bits per heavy atom. The van der Waals surface area contributed by atoms with Crippen LogP contribution in [0.25, 0.3) is 0 Å². The monoisotopic (exact) mass is 343 g/mol. The maximum Gasteiger partial charge on any atom is 0.324 e. The number of hydrogen-bond donors (Lipinski definition) is 1. The van der Waals surface area contributed by atoms with Crippen LogP contribution >= 0.6 is 0 Å². The van der Waals surface area contributed by atoms with E-state index in [9.17, 15) is 13.6 Å². The number of aromatic nitrogens is 1. The highest BCUT2D eigenvalue weighted by molar-refractivity contribution is 5.83. The van der Waals surface area contributed by atoms with Gasteiger partial charge in [0.2, 0.25) is 0 Å². The average Bonchev–Trinajstić information content (AvgIpc) is 2.49. The maximum atomic E-state index is 14.1. The molecule has 1 aromatic rings. The molecule has 1 heterocycles. The summed E-state index contributed by atoms with van der Waals surface area (Å²) in [5.74, 6) is -0.939. The largest absolute Gasteiger partial charge is 0.459 e. The summed E-state index contributed by atoms with van der Waals surface area (Å²) < 4.78 is 33.4. The van der Waals surface area contributed by atoms with Gasteiger partial charge in [0.05, 0.1) is 5.69 Å². The minimum absolute atomic E-state index is 0.0383. The van der Waals surface area contributed by atoms with Gasteiger partial charge in [0.25, 0.3) is 6.43 Å². The molecule has 0 aromatic carbocycles. The number of ether oxygens (including phenoxy) is 1. The lowest BCUT2D eigenvalue weighted by molar-refractivity contribution is -0.170. The van der Waals surface area contributed by atoms with Gasteiger partial charge in [0.1, 0.15) is 5.60 Å². The Kier molecular flexibility index (Phi) is 7.73. The van der Waals surface area contributed by atoms with E-state index in [-0.39, 0.29) is 18.7 Å². The number of carbonyl (C=O) groups excluding carboxylic acids is 1. The third-order valence-electron chi connectivity index (χ3n) is 3.74. The molecule has 0 saturated heterocycles. The van der Waals surface area contributed by atoms with E-state index < -0.39 is 23.4 Å². The van der Waals surface area contributed by atoms with Crippen LogP contribution in [0.15, 0.2) is 24.4 Å². The fourth-order valence-electron chi connectivity index (χ4n) is 2.51. The fourth-order valence-corrected chi connectivity index (χ4v) is 2.51. The highest BCUT2D eigenvalue weighted by Crippen LogP contribution is 2.38. The topological polar surface area (TPSA) is 59.4 Å². The van der Waals surface area contributed by atoms with Gasteiger partial charge in [-0.3, -0.25) is 9.78 Å². The standard InChI is InChI=1S/C18H27F2NO3/c1-17(2,3)24-16(23)18(15(19)20,11-7-4-5-9-13-22)14-10-6-8-12-21-14/h6,8,10,12,15,22H,4-5,7,9,11,13H2,1-3H3. The molecule has 24 heavy (non-hydrogen) atoms. The van der Waals surface area contributed by atoms with Crippen LogP contribution in [0.1, 0.15) is 58.6 Å². The number of aliphatic hydroxyl groups is 1. The number of hydrogen-bond acceptors (Lipinski definition) is 4. The van der Waals surface area contributed by atoms with Gasteiger partial charge in [-0.05, 0) is 45.7 Å². The molecule has 1 rings (SSSR count). The van der Waals surface area contributed by atoms with Crippen molar-refractivity contribution in [3.05, 3.63) is 30.1 Å². The molecule has 6 heteroatoms. The van der Waals surface area contributed by atoms with Crippen LogP contribution in [0.3, 0.4) is 0 Å². The van der Waals surface area contributed by atoms with E-state index in [2.05, 4.69) is 4.98 Å². The zero-order chi connectivity index (χ0) is 18.2. The van der Waals surface area contributed by atoms with Crippen molar-refractivity contribution in [1.82, 2.24) is 4.98 Å². The summed E-state index contributed by atoms with van der Waals surface area (Å²) in [6.45, 7) is 5.04. The van der Waals surface area contributed by atoms with Crippen molar-refractivity contribution in [1.29, 1.82) is 0 Å². The lowest BCUT2D eigenvalue weighted by Gasteiger charge is -2.33. The summed E-state index contributed by atoms with van der Waals surface area (Å²) in [6.07, 6.45) is 0.888. The average molecular weight is 343 g/mol. The summed E-state index contributed by atoms with van der Waals surface area (Å²) in [5.41, 5.74) is -2.88. The van der Waals surface area contributed by atoms with Crippen LogP contribution in [-0.4, -0.2) is 34.7 Å². The Morgan fingerprint density at radius 1 is 1.21 bits per heavy atom. The number of nitrogens with zero attached hydrogens (tertiary/aromatic N) is 1. The minimum atomic E-state index is -2.92. The van der Waals surface area contributed by atoms with Crippen LogP contribution in [0.5, 0.6) is 0 Å². The second-order valence-corrected chi connectivity index (χ2v) is 6.88. The lowest BCUT2D eigenvalue weighted by atomic mass is 9.79. The van der Waals surface area contributed by atoms with Gasteiger partial charge in [-0.25, -0.2) is 8.78 Å². The van der Waals surface area contributed by atoms with Crippen molar-refractivity contribution in [2.45, 2.75) is 70.3 Å². The predicted octanol–water partition coefficient (Wildman–Crippen LogP) is 3.87. The molecule has 1 unspecified atom stereocenters. The molecular formula is C18H27F2NO3. The Morgan fingerprint density at radius 2 is 1.88 bits per heavy atom. The van der Waals surface area contributed by atoms with E-state index in [4.69, 9.17) is 9.84 Å². The molecule has 4 nitrogen and oxygen atoms in total. The van der Waals surface area contributed by atoms with E-state index >= 15 is 0 Å². The smallest absolute Gasteiger partial charge is 0.324 e. The summed E-state index contributed by atoms with van der Waals surface area (Å²) in [7, 11) is 0. The van der Waals surface area contributed by atoms with Gasteiger partial charge in [-0.2, -0.15) is 0 Å². The van der Waals surface area contributed by atoms with Crippen LogP contribution in [0.4, 0.5) is 8.78 Å². The summed E-state index contributed by atoms with van der Waals surface area (Å²) in [4.78, 5) is 16.7. The summed E-state index contributed by atoms with van der Waals surface area (Å²) >= 11 is 0. The van der Waals surface area contributed by atoms with Crippen molar-refractivity contribution >= 4 is 5.97 Å². The van der Waals surface area contributed by atoms with Gasteiger partial charge in [-0.15, -0.1) is 0 Å². The SMILES string of the molecule is CC(C)(C)OC(=O)C(CCCCCCO)(c1ccccn1)C(F)F. The molecule has 1 N–H and O–H groups in total. The molecule has 0 aliphatic rings. The van der Waals surface area contributed by atoms with Crippen LogP contribution in [0, 0.1) is 0 Å². The molecule has 0 aliphatic heterocycles. The molecule has 0 fully saturated rings. The first-order valence-electron chi connectivity index (χ1n) is 8.28. The normalized spacial score (nSPS) is 14.5. The summed E-state index contributed by atoms with van der Waals surface area (Å²) in [5, 5.41) is 8.80. The van der Waals surface area contributed by atoms with Crippen LogP contribution in [-0.2, 0) is 14.9 Å². The van der Waals surface area contributed by atoms with Crippen LogP contribution < -0.4 is 0 Å². The Bertz CT molecular complexity index is 503. The second kappa shape index (κ2) is 9.06. The van der Waals surface area contributed by atoms with Gasteiger partial charge in [0, 0.05) is 12.8 Å². The Labute approximate surface area is 142 Å². The number of halogens is 2. The number of aliphatic hydroxyl groups excluding tert-OH is 1. The number of pyridine rings is 1. The van der Waals surface area contributed by atoms with Crippen molar-refractivity contribution in [3.8, 4) is 0 Å². The molecule has 0 saturated carbocycles. The molecular weight excluding hydrogens is 316 g/mol. The predicted molar refractivity (Wildman–Crippen MR) is 87.9 cm³/mol. The minimum Gasteiger partial charge on any atom is -0.459 e. The first kappa shape index (κ1) is 20.5. The van der Waals surface area contributed by atoms with Gasteiger partial charge < -0.3 is 9.84 Å². The lowest BCUT2D eigenvalue weighted by Crippen LogP contribution is -2.47. The zero-order valence-corrected chi connectivity index (χ0v) is 14.6. The van der Waals surface area contributed by atoms with Gasteiger partial charge >= 0.3 is 5.97 Å². The Balaban J connectivity index is 3.09. The highest BCUT2D eigenvalue weighted by atomic mass is 19.3. The molecule has 136 valence electrons. The molecule has 0 radical (unpaired) electrons. The fraction of sp³-hybridized carbons (Fsp3) is 0.667. The maximum absolute atomic E-state index is 14.1. The van der Waals surface area contributed by atoms with Crippen molar-refractivity contribution in [2.24, 2.45) is 0 Å². The van der Waals surface area contributed by atoms with Crippen molar-refractivity contribution in [3.63, 3.8) is 0 Å². The second-order valence-electron chi connectivity index (χ2n) is 6.88. The quantitative estimate of drug-likeness (QED) is 0.546. The molecule has 0 amide bonds. The van der Waals surface area contributed by atoms with E-state index in [1.807, 2.05) is 0 Å². The number of unbranched alkanes of at least 4 members (excludes halogenated alkanes) is 3. The third-order valence-corrected chi connectivity index (χ3v) is 3.74. The number of esters is 1. The van der Waals surface area contributed by atoms with Gasteiger partial charge in [-0.1, -0.05) is 25.3 Å². The number of alkyl halides is 2. The van der Waals surface area contributed by atoms with Crippen molar-refractivity contribution < 1.29 is 23.4 Å². The number of rotatable bonds is 9. The van der Waals surface area contributed by atoms with E-state index in [0.29, 0.717) is 19.3 Å². The van der Waals surface area contributed by atoms with Crippen molar-refractivity contribution in [2.75, 3.05) is 6.61 Å². The molecule has 0 aliphatic carbocycles. The molecule has 0 bridgehead atoms. The Hall–Kier alpha value is -1.56. The number of carbonyl (C=O) groups is 1. The van der Waals surface area contributed by atoms with E-state index in [1.165, 1.54) is 12.3 Å². The molecule has 0 spiro atoms. The van der Waals surface area contributed by atoms with E-state index in [0.717, 1.165) is 6.42 Å². The highest BCUT2D eigenvalue weighted by Gasteiger charge is 2.52. The van der Waals surface area contributed by atoms with Crippen LogP contribution in [0.2, 0.25) is 0 Å². The molecule has 1 aromatic heterocycles. The van der Waals surface area contributed by atoms with Gasteiger partial charge in [0.15, 0.2) is 5.41 Å². The molecule has 1 atom stereocenters. The summed E-state index contributed by atoms with van der Waals surface area (Å²) in [6, 6.07) is 4.66. The first-order chi connectivity index (χ1) is 11.2. The third kappa shape index (κ3) is 5.51. The first-order valence-corrected chi connectivity index (χ1v) is 8.28. The zero-order valence-electron chi connectivity index (χ0n) is 14.6. The van der Waals surface area contributed by atoms with E-state index in [1.54, 1.807) is 32.9 Å².